The molecular weight excluding hydrogens is 274 g/mol. The van der Waals surface area contributed by atoms with Crippen molar-refractivity contribution in [3.05, 3.63) is 0 Å². The highest BCUT2D eigenvalue weighted by Crippen LogP contribution is 2.02. The second kappa shape index (κ2) is 11.7. The Morgan fingerprint density at radius 1 is 1.09 bits per heavy atom. The maximum absolute atomic E-state index is 4.77. The van der Waals surface area contributed by atoms with Gasteiger partial charge in [-0.15, -0.1) is 0 Å². The summed E-state index contributed by atoms with van der Waals surface area (Å²) < 4.78 is 0. The number of aliphatic imine (C=N–C) groups is 1. The van der Waals surface area contributed by atoms with Crippen molar-refractivity contribution in [2.24, 2.45) is 4.99 Å². The van der Waals surface area contributed by atoms with Crippen LogP contribution in [0, 0.1) is 0 Å². The van der Waals surface area contributed by atoms with E-state index in [1.807, 2.05) is 0 Å². The summed E-state index contributed by atoms with van der Waals surface area (Å²) in [5.41, 5.74) is 0. The van der Waals surface area contributed by atoms with Crippen LogP contribution >= 0.6 is 0 Å². The lowest BCUT2D eigenvalue weighted by Crippen LogP contribution is -2.44. The van der Waals surface area contributed by atoms with E-state index in [2.05, 4.69) is 48.0 Å². The summed E-state index contributed by atoms with van der Waals surface area (Å²) in [7, 11) is 4.35. The van der Waals surface area contributed by atoms with Gasteiger partial charge in [-0.2, -0.15) is 0 Å². The fourth-order valence-corrected chi connectivity index (χ4v) is 2.67. The van der Waals surface area contributed by atoms with Crippen LogP contribution in [0.1, 0.15) is 39.5 Å². The lowest BCUT2D eigenvalue weighted by atomic mass is 10.2. The molecule has 1 saturated heterocycles. The zero-order chi connectivity index (χ0) is 16.2. The maximum atomic E-state index is 4.77. The fourth-order valence-electron chi connectivity index (χ4n) is 2.67. The van der Waals surface area contributed by atoms with Gasteiger partial charge >= 0.3 is 0 Å². The van der Waals surface area contributed by atoms with Crippen molar-refractivity contribution < 1.29 is 0 Å². The molecule has 0 amide bonds. The molecule has 1 fully saturated rings. The third kappa shape index (κ3) is 7.99. The fraction of sp³-hybridized carbons (Fsp3) is 0.941. The van der Waals surface area contributed by atoms with Crippen LogP contribution in [0.5, 0.6) is 0 Å². The predicted molar refractivity (Wildman–Crippen MR) is 96.7 cm³/mol. The molecule has 1 heterocycles. The molecule has 1 aliphatic rings. The van der Waals surface area contributed by atoms with Crippen molar-refractivity contribution in [2.75, 3.05) is 66.5 Å². The van der Waals surface area contributed by atoms with Gasteiger partial charge in [-0.3, -0.25) is 4.99 Å². The Bertz CT molecular complexity index is 297. The molecule has 0 aromatic carbocycles. The van der Waals surface area contributed by atoms with E-state index in [1.165, 1.54) is 58.4 Å². The van der Waals surface area contributed by atoms with E-state index in [9.17, 15) is 0 Å². The third-order valence-corrected chi connectivity index (χ3v) is 4.28. The van der Waals surface area contributed by atoms with Gasteiger partial charge in [0.25, 0.3) is 0 Å². The predicted octanol–water partition coefficient (Wildman–Crippen LogP) is 1.71. The summed E-state index contributed by atoms with van der Waals surface area (Å²) in [5, 5.41) is 3.40. The molecule has 1 rings (SSSR count). The molecule has 0 bridgehead atoms. The molecule has 22 heavy (non-hydrogen) atoms. The van der Waals surface area contributed by atoms with Gasteiger partial charge in [0.2, 0.25) is 0 Å². The van der Waals surface area contributed by atoms with Crippen LogP contribution in [0.15, 0.2) is 4.99 Å². The lowest BCUT2D eigenvalue weighted by molar-refractivity contribution is 0.152. The Balaban J connectivity index is 2.19. The van der Waals surface area contributed by atoms with Crippen LogP contribution in [0.4, 0.5) is 0 Å². The molecule has 1 N–H and O–H groups in total. The molecule has 130 valence electrons. The van der Waals surface area contributed by atoms with E-state index in [0.29, 0.717) is 0 Å². The zero-order valence-corrected chi connectivity index (χ0v) is 15.3. The van der Waals surface area contributed by atoms with Crippen LogP contribution in [0.3, 0.4) is 0 Å². The van der Waals surface area contributed by atoms with E-state index >= 15 is 0 Å². The number of hydrogen-bond donors (Lipinski definition) is 1. The van der Waals surface area contributed by atoms with Crippen molar-refractivity contribution in [3.63, 3.8) is 0 Å². The van der Waals surface area contributed by atoms with Gasteiger partial charge in [0.1, 0.15) is 0 Å². The van der Waals surface area contributed by atoms with Gasteiger partial charge in [-0.1, -0.05) is 13.3 Å². The summed E-state index contributed by atoms with van der Waals surface area (Å²) in [4.78, 5) is 12.0. The quantitative estimate of drug-likeness (QED) is 0.399. The smallest absolute Gasteiger partial charge is 0.193 e. The number of nitrogens with one attached hydrogen (secondary N) is 1. The number of nitrogens with zero attached hydrogens (tertiary/aromatic N) is 4. The van der Waals surface area contributed by atoms with Crippen LogP contribution in [0.25, 0.3) is 0 Å². The van der Waals surface area contributed by atoms with E-state index in [1.54, 1.807) is 0 Å². The lowest BCUT2D eigenvalue weighted by Gasteiger charge is -2.32. The largest absolute Gasteiger partial charge is 0.357 e. The Kier molecular flexibility index (Phi) is 10.2. The Morgan fingerprint density at radius 3 is 2.45 bits per heavy atom. The molecule has 0 unspecified atom stereocenters. The molecule has 0 aromatic rings. The summed E-state index contributed by atoms with van der Waals surface area (Å²) in [5.74, 6) is 1.07. The number of unbranched alkanes of at least 4 members (excludes halogenated alkanes) is 2. The average Bonchev–Trinajstić information content (AvgIpc) is 2.53. The summed E-state index contributed by atoms with van der Waals surface area (Å²) in [6.45, 7) is 13.4. The Labute approximate surface area is 137 Å². The maximum Gasteiger partial charge on any atom is 0.193 e. The SMILES string of the molecule is CCCCN(C)C(=NCCCCN1CCN(C)CC1)NCC. The molecule has 0 radical (unpaired) electrons. The van der Waals surface area contributed by atoms with Crippen molar-refractivity contribution in [3.8, 4) is 0 Å². The van der Waals surface area contributed by atoms with Crippen molar-refractivity contribution in [2.45, 2.75) is 39.5 Å². The highest BCUT2D eigenvalue weighted by Gasteiger charge is 2.12. The molecule has 0 atom stereocenters. The second-order valence-corrected chi connectivity index (χ2v) is 6.36. The van der Waals surface area contributed by atoms with Crippen molar-refractivity contribution >= 4 is 5.96 Å². The van der Waals surface area contributed by atoms with Gasteiger partial charge < -0.3 is 20.0 Å². The normalized spacial score (nSPS) is 17.7. The van der Waals surface area contributed by atoms with Crippen LogP contribution in [-0.2, 0) is 0 Å². The number of likely N-dealkylation sites (N-methyl/N-ethyl adjacent to an activating group) is 1. The number of guanidine groups is 1. The van der Waals surface area contributed by atoms with Crippen LogP contribution in [0.2, 0.25) is 0 Å². The van der Waals surface area contributed by atoms with Gasteiger partial charge in [0.05, 0.1) is 0 Å². The minimum absolute atomic E-state index is 0.937. The van der Waals surface area contributed by atoms with Gasteiger partial charge in [0, 0.05) is 52.9 Å². The molecule has 5 nitrogen and oxygen atoms in total. The molecule has 1 aliphatic heterocycles. The van der Waals surface area contributed by atoms with E-state index in [-0.39, 0.29) is 0 Å². The molecular formula is C17H37N5. The third-order valence-electron chi connectivity index (χ3n) is 4.28. The van der Waals surface area contributed by atoms with Gasteiger partial charge in [-0.05, 0) is 39.8 Å². The summed E-state index contributed by atoms with van der Waals surface area (Å²) in [6.07, 6.45) is 4.90. The topological polar surface area (TPSA) is 34.1 Å². The highest BCUT2D eigenvalue weighted by atomic mass is 15.3. The molecule has 0 saturated carbocycles. The average molecular weight is 312 g/mol. The minimum atomic E-state index is 0.937. The Hall–Kier alpha value is -0.810. The molecule has 5 heteroatoms. The zero-order valence-electron chi connectivity index (χ0n) is 15.3. The minimum Gasteiger partial charge on any atom is -0.357 e. The number of hydrogen-bond acceptors (Lipinski definition) is 3. The first-order valence-electron chi connectivity index (χ1n) is 9.07. The Morgan fingerprint density at radius 2 is 1.82 bits per heavy atom. The molecule has 0 aliphatic carbocycles. The molecule has 0 spiro atoms. The second-order valence-electron chi connectivity index (χ2n) is 6.36. The summed E-state index contributed by atoms with van der Waals surface area (Å²) in [6, 6.07) is 0. The first-order valence-corrected chi connectivity index (χ1v) is 9.07. The summed E-state index contributed by atoms with van der Waals surface area (Å²) >= 11 is 0. The highest BCUT2D eigenvalue weighted by molar-refractivity contribution is 5.79. The first-order chi connectivity index (χ1) is 10.7. The molecule has 0 aromatic heterocycles. The van der Waals surface area contributed by atoms with Gasteiger partial charge in [-0.25, -0.2) is 0 Å². The van der Waals surface area contributed by atoms with E-state index < -0.39 is 0 Å². The van der Waals surface area contributed by atoms with E-state index in [4.69, 9.17) is 4.99 Å². The van der Waals surface area contributed by atoms with Crippen LogP contribution in [-0.4, -0.2) is 87.1 Å². The van der Waals surface area contributed by atoms with Gasteiger partial charge in [0.15, 0.2) is 5.96 Å². The van der Waals surface area contributed by atoms with E-state index in [0.717, 1.165) is 25.6 Å². The van der Waals surface area contributed by atoms with Crippen LogP contribution < -0.4 is 5.32 Å². The van der Waals surface area contributed by atoms with Crippen molar-refractivity contribution in [1.82, 2.24) is 20.0 Å². The van der Waals surface area contributed by atoms with Crippen molar-refractivity contribution in [1.29, 1.82) is 0 Å². The number of rotatable bonds is 9. The number of piperazine rings is 1. The first kappa shape index (κ1) is 19.2. The monoisotopic (exact) mass is 311 g/mol. The standard InChI is InChI=1S/C17H37N5/c1-5-7-11-21(4)17(18-6-2)19-10-8-9-12-22-15-13-20(3)14-16-22/h5-16H2,1-4H3,(H,18,19).